The Labute approximate surface area is 131 Å². The van der Waals surface area contributed by atoms with Crippen molar-refractivity contribution in [3.05, 3.63) is 65.2 Å². The van der Waals surface area contributed by atoms with Crippen molar-refractivity contribution in [1.29, 1.82) is 5.26 Å². The van der Waals surface area contributed by atoms with E-state index in [2.05, 4.69) is 42.6 Å². The molecule has 2 aromatic rings. The molecule has 2 rings (SSSR count). The zero-order chi connectivity index (χ0) is 14.9. The number of hydrogen-bond donors (Lipinski definition) is 1. The molecule has 0 unspecified atom stereocenters. The second kappa shape index (κ2) is 8.51. The Morgan fingerprint density at radius 2 is 1.90 bits per heavy atom. The molecule has 0 fully saturated rings. The maximum absolute atomic E-state index is 8.79. The van der Waals surface area contributed by atoms with E-state index in [0.29, 0.717) is 5.56 Å². The van der Waals surface area contributed by atoms with E-state index in [1.54, 1.807) is 0 Å². The highest BCUT2D eigenvalue weighted by atomic mass is 32.2. The van der Waals surface area contributed by atoms with Crippen LogP contribution in [0, 0.1) is 11.3 Å². The van der Waals surface area contributed by atoms with Crippen LogP contribution >= 0.6 is 11.8 Å². The average molecular weight is 296 g/mol. The molecule has 0 radical (unpaired) electrons. The van der Waals surface area contributed by atoms with Gasteiger partial charge in [-0.2, -0.15) is 5.26 Å². The molecule has 0 aliphatic rings. The van der Waals surface area contributed by atoms with Crippen LogP contribution < -0.4 is 5.32 Å². The van der Waals surface area contributed by atoms with Gasteiger partial charge < -0.3 is 5.32 Å². The first-order valence-electron chi connectivity index (χ1n) is 7.23. The van der Waals surface area contributed by atoms with Crippen molar-refractivity contribution in [3.63, 3.8) is 0 Å². The largest absolute Gasteiger partial charge is 0.313 e. The van der Waals surface area contributed by atoms with Crippen molar-refractivity contribution in [2.45, 2.75) is 30.5 Å². The zero-order valence-electron chi connectivity index (χ0n) is 12.3. The Morgan fingerprint density at radius 1 is 1.10 bits per heavy atom. The second-order valence-electron chi connectivity index (χ2n) is 4.92. The monoisotopic (exact) mass is 296 g/mol. The molecule has 0 heterocycles. The Balaban J connectivity index is 1.90. The normalized spacial score (nSPS) is 10.3. The number of nitriles is 1. The summed E-state index contributed by atoms with van der Waals surface area (Å²) in [5.41, 5.74) is 3.29. The van der Waals surface area contributed by atoms with E-state index in [1.807, 2.05) is 36.0 Å². The minimum atomic E-state index is 0.716. The highest BCUT2D eigenvalue weighted by Crippen LogP contribution is 2.23. The Morgan fingerprint density at radius 3 is 2.62 bits per heavy atom. The van der Waals surface area contributed by atoms with E-state index in [0.717, 1.165) is 25.3 Å². The zero-order valence-corrected chi connectivity index (χ0v) is 13.1. The molecule has 0 saturated carbocycles. The fourth-order valence-electron chi connectivity index (χ4n) is 2.00. The molecular formula is C18H20N2S. The van der Waals surface area contributed by atoms with Crippen LogP contribution in [-0.4, -0.2) is 6.54 Å². The van der Waals surface area contributed by atoms with Crippen LogP contribution in [0.15, 0.2) is 53.4 Å². The average Bonchev–Trinajstić information content (AvgIpc) is 2.54. The van der Waals surface area contributed by atoms with Gasteiger partial charge in [0, 0.05) is 17.2 Å². The first-order valence-corrected chi connectivity index (χ1v) is 8.22. The molecule has 0 spiro atoms. The number of benzene rings is 2. The summed E-state index contributed by atoms with van der Waals surface area (Å²) in [6.45, 7) is 4.17. The van der Waals surface area contributed by atoms with E-state index in [9.17, 15) is 0 Å². The highest BCUT2D eigenvalue weighted by molar-refractivity contribution is 7.98. The number of nitrogens with one attached hydrogen (secondary N) is 1. The third kappa shape index (κ3) is 5.26. The van der Waals surface area contributed by atoms with Crippen LogP contribution in [-0.2, 0) is 12.3 Å². The summed E-state index contributed by atoms with van der Waals surface area (Å²) in [6, 6.07) is 18.6. The van der Waals surface area contributed by atoms with Crippen molar-refractivity contribution in [2.75, 3.05) is 6.54 Å². The van der Waals surface area contributed by atoms with Crippen molar-refractivity contribution in [2.24, 2.45) is 0 Å². The van der Waals surface area contributed by atoms with Gasteiger partial charge in [0.05, 0.1) is 11.6 Å². The molecule has 0 amide bonds. The molecule has 21 heavy (non-hydrogen) atoms. The summed E-state index contributed by atoms with van der Waals surface area (Å²) >= 11 is 1.83. The Bertz CT molecular complexity index is 599. The van der Waals surface area contributed by atoms with Gasteiger partial charge in [-0.3, -0.25) is 0 Å². The number of thioether (sulfide) groups is 1. The lowest BCUT2D eigenvalue weighted by Crippen LogP contribution is -2.13. The lowest BCUT2D eigenvalue weighted by molar-refractivity contribution is 0.674. The van der Waals surface area contributed by atoms with Crippen LogP contribution in [0.25, 0.3) is 0 Å². The molecule has 0 aliphatic carbocycles. The van der Waals surface area contributed by atoms with Crippen molar-refractivity contribution >= 4 is 11.8 Å². The summed E-state index contributed by atoms with van der Waals surface area (Å²) < 4.78 is 0. The first-order chi connectivity index (χ1) is 10.3. The van der Waals surface area contributed by atoms with Gasteiger partial charge in [0.1, 0.15) is 0 Å². The molecule has 108 valence electrons. The molecule has 0 atom stereocenters. The molecule has 0 bridgehead atoms. The summed E-state index contributed by atoms with van der Waals surface area (Å²) in [7, 11) is 0. The van der Waals surface area contributed by atoms with Crippen LogP contribution in [0.5, 0.6) is 0 Å². The third-order valence-corrected chi connectivity index (χ3v) is 4.21. The molecule has 0 aliphatic heterocycles. The maximum atomic E-state index is 8.79. The van der Waals surface area contributed by atoms with Crippen molar-refractivity contribution in [1.82, 2.24) is 5.32 Å². The van der Waals surface area contributed by atoms with E-state index in [1.165, 1.54) is 16.0 Å². The van der Waals surface area contributed by atoms with Gasteiger partial charge in [0.2, 0.25) is 0 Å². The van der Waals surface area contributed by atoms with Gasteiger partial charge in [-0.15, -0.1) is 11.8 Å². The van der Waals surface area contributed by atoms with Gasteiger partial charge in [0.15, 0.2) is 0 Å². The molecule has 2 nitrogen and oxygen atoms in total. The van der Waals surface area contributed by atoms with Gasteiger partial charge in [-0.1, -0.05) is 31.2 Å². The Kier molecular flexibility index (Phi) is 6.33. The Hall–Kier alpha value is -1.76. The number of hydrogen-bond acceptors (Lipinski definition) is 3. The van der Waals surface area contributed by atoms with E-state index in [4.69, 9.17) is 5.26 Å². The van der Waals surface area contributed by atoms with E-state index >= 15 is 0 Å². The maximum Gasteiger partial charge on any atom is 0.0991 e. The lowest BCUT2D eigenvalue weighted by atomic mass is 10.2. The van der Waals surface area contributed by atoms with Crippen LogP contribution in [0.4, 0.5) is 0 Å². The van der Waals surface area contributed by atoms with Gasteiger partial charge in [0.25, 0.3) is 0 Å². The topological polar surface area (TPSA) is 35.8 Å². The molecule has 0 saturated heterocycles. The van der Waals surface area contributed by atoms with Crippen molar-refractivity contribution in [3.8, 4) is 6.07 Å². The molecule has 1 N–H and O–H groups in total. The number of rotatable bonds is 7. The minimum Gasteiger partial charge on any atom is -0.313 e. The second-order valence-corrected chi connectivity index (χ2v) is 5.97. The number of nitrogens with zero attached hydrogens (tertiary/aromatic N) is 1. The van der Waals surface area contributed by atoms with Crippen LogP contribution in [0.1, 0.15) is 30.0 Å². The standard InChI is InChI=1S/C18H20N2S/c1-2-10-20-13-17-4-3-5-18(11-17)21-14-16-8-6-15(12-19)7-9-16/h3-9,11,20H,2,10,13-14H2,1H3. The molecule has 2 aromatic carbocycles. The smallest absolute Gasteiger partial charge is 0.0991 e. The lowest BCUT2D eigenvalue weighted by Gasteiger charge is -2.06. The summed E-state index contributed by atoms with van der Waals surface area (Å²) in [4.78, 5) is 1.29. The van der Waals surface area contributed by atoms with Crippen LogP contribution in [0.3, 0.4) is 0 Å². The van der Waals surface area contributed by atoms with Crippen LogP contribution in [0.2, 0.25) is 0 Å². The van der Waals surface area contributed by atoms with Gasteiger partial charge in [-0.25, -0.2) is 0 Å². The predicted octanol–water partition coefficient (Wildman–Crippen LogP) is 4.35. The van der Waals surface area contributed by atoms with E-state index in [-0.39, 0.29) is 0 Å². The van der Waals surface area contributed by atoms with Crippen molar-refractivity contribution < 1.29 is 0 Å². The highest BCUT2D eigenvalue weighted by Gasteiger charge is 1.99. The third-order valence-electron chi connectivity index (χ3n) is 3.14. The van der Waals surface area contributed by atoms with Gasteiger partial charge in [-0.05, 0) is 48.4 Å². The molecular weight excluding hydrogens is 276 g/mol. The SMILES string of the molecule is CCCNCc1cccc(SCc2ccc(C#N)cc2)c1. The van der Waals surface area contributed by atoms with Gasteiger partial charge >= 0.3 is 0 Å². The predicted molar refractivity (Wildman–Crippen MR) is 89.2 cm³/mol. The molecule has 3 heteroatoms. The summed E-state index contributed by atoms with van der Waals surface area (Å²) in [6.07, 6.45) is 1.16. The molecule has 0 aromatic heterocycles. The first kappa shape index (κ1) is 15.6. The quantitative estimate of drug-likeness (QED) is 0.609. The summed E-state index contributed by atoms with van der Waals surface area (Å²) in [5.74, 6) is 0.928. The minimum absolute atomic E-state index is 0.716. The fraction of sp³-hybridized carbons (Fsp3) is 0.278. The summed E-state index contributed by atoms with van der Waals surface area (Å²) in [5, 5.41) is 12.2. The van der Waals surface area contributed by atoms with E-state index < -0.39 is 0 Å². The fourth-order valence-corrected chi connectivity index (χ4v) is 2.93.